The summed E-state index contributed by atoms with van der Waals surface area (Å²) in [6.07, 6.45) is 0. The van der Waals surface area contributed by atoms with Gasteiger partial charge in [-0.3, -0.25) is 9.59 Å². The number of nitrogens with one attached hydrogen (secondary N) is 1. The molecule has 2 aromatic carbocycles. The fourth-order valence-corrected chi connectivity index (χ4v) is 3.16. The second kappa shape index (κ2) is 10.5. The Morgan fingerprint density at radius 3 is 2.06 bits per heavy atom. The molecule has 0 saturated heterocycles. The predicted molar refractivity (Wildman–Crippen MR) is 125 cm³/mol. The summed E-state index contributed by atoms with van der Waals surface area (Å²) < 4.78 is 5.76. The zero-order chi connectivity index (χ0) is 23.2. The summed E-state index contributed by atoms with van der Waals surface area (Å²) in [6.45, 7) is 14.3. The first-order valence-corrected chi connectivity index (χ1v) is 10.9. The number of benzene rings is 2. The third-order valence-corrected chi connectivity index (χ3v) is 5.15. The van der Waals surface area contributed by atoms with Gasteiger partial charge in [0, 0.05) is 12.6 Å². The Hall–Kier alpha value is -2.82. The van der Waals surface area contributed by atoms with Crippen molar-refractivity contribution >= 4 is 11.8 Å². The number of ether oxygens (including phenoxy) is 1. The van der Waals surface area contributed by atoms with Crippen molar-refractivity contribution in [2.24, 2.45) is 0 Å². The highest BCUT2D eigenvalue weighted by Crippen LogP contribution is 2.24. The van der Waals surface area contributed by atoms with Crippen molar-refractivity contribution in [3.05, 3.63) is 65.2 Å². The van der Waals surface area contributed by atoms with Gasteiger partial charge in [0.25, 0.3) is 5.91 Å². The zero-order valence-corrected chi connectivity index (χ0v) is 19.9. The smallest absolute Gasteiger partial charge is 0.261 e. The maximum Gasteiger partial charge on any atom is 0.261 e. The predicted octanol–water partition coefficient (Wildman–Crippen LogP) is 4.61. The van der Waals surface area contributed by atoms with Crippen molar-refractivity contribution in [3.8, 4) is 5.75 Å². The van der Waals surface area contributed by atoms with E-state index in [1.807, 2.05) is 69.3 Å². The Morgan fingerprint density at radius 2 is 1.55 bits per heavy atom. The van der Waals surface area contributed by atoms with Crippen LogP contribution in [0.5, 0.6) is 5.75 Å². The Morgan fingerprint density at radius 1 is 0.968 bits per heavy atom. The lowest BCUT2D eigenvalue weighted by molar-refractivity contribution is -0.142. The molecule has 0 spiro atoms. The van der Waals surface area contributed by atoms with E-state index < -0.39 is 6.04 Å². The van der Waals surface area contributed by atoms with Crippen LogP contribution in [0.3, 0.4) is 0 Å². The standard InChI is InChI=1S/C26H36N2O3/c1-18(2)27-25(30)20(4)28(16-21-10-8-19(3)9-11-21)24(29)17-31-23-14-12-22(13-15-23)26(5,6)7/h8-15,18,20H,16-17H2,1-7H3,(H,27,30). The third-order valence-electron chi connectivity index (χ3n) is 5.15. The first-order chi connectivity index (χ1) is 14.5. The monoisotopic (exact) mass is 424 g/mol. The van der Waals surface area contributed by atoms with Gasteiger partial charge in [-0.15, -0.1) is 0 Å². The lowest BCUT2D eigenvalue weighted by Crippen LogP contribution is -2.50. The van der Waals surface area contributed by atoms with Gasteiger partial charge in [0.05, 0.1) is 0 Å². The van der Waals surface area contributed by atoms with E-state index in [9.17, 15) is 9.59 Å². The van der Waals surface area contributed by atoms with Gasteiger partial charge in [-0.05, 0) is 56.4 Å². The Kier molecular flexibility index (Phi) is 8.26. The second-order valence-corrected chi connectivity index (χ2v) is 9.41. The molecule has 2 rings (SSSR count). The van der Waals surface area contributed by atoms with Gasteiger partial charge in [0.1, 0.15) is 11.8 Å². The van der Waals surface area contributed by atoms with Crippen LogP contribution in [0.25, 0.3) is 0 Å². The van der Waals surface area contributed by atoms with Crippen LogP contribution < -0.4 is 10.1 Å². The quantitative estimate of drug-likeness (QED) is 0.673. The molecule has 1 unspecified atom stereocenters. The molecular formula is C26H36N2O3. The topological polar surface area (TPSA) is 58.6 Å². The van der Waals surface area contributed by atoms with Gasteiger partial charge in [-0.1, -0.05) is 62.7 Å². The van der Waals surface area contributed by atoms with Crippen LogP contribution in [0.1, 0.15) is 58.2 Å². The Labute approximate surface area is 186 Å². The van der Waals surface area contributed by atoms with E-state index in [0.29, 0.717) is 12.3 Å². The molecule has 2 aromatic rings. The van der Waals surface area contributed by atoms with E-state index in [0.717, 1.165) is 11.1 Å². The molecule has 0 radical (unpaired) electrons. The highest BCUT2D eigenvalue weighted by molar-refractivity contribution is 5.88. The number of nitrogens with zero attached hydrogens (tertiary/aromatic N) is 1. The lowest BCUT2D eigenvalue weighted by atomic mass is 9.87. The highest BCUT2D eigenvalue weighted by atomic mass is 16.5. The largest absolute Gasteiger partial charge is 0.484 e. The normalized spacial score (nSPS) is 12.4. The molecule has 0 heterocycles. The van der Waals surface area contributed by atoms with Crippen molar-refractivity contribution in [2.45, 2.75) is 72.5 Å². The number of amides is 2. The molecule has 0 aliphatic carbocycles. The molecule has 1 N–H and O–H groups in total. The van der Waals surface area contributed by atoms with Crippen molar-refractivity contribution in [3.63, 3.8) is 0 Å². The summed E-state index contributed by atoms with van der Waals surface area (Å²) in [4.78, 5) is 27.2. The number of carbonyl (C=O) groups excluding carboxylic acids is 2. The minimum atomic E-state index is -0.608. The maximum absolute atomic E-state index is 13.1. The van der Waals surface area contributed by atoms with Crippen LogP contribution in [0.4, 0.5) is 0 Å². The summed E-state index contributed by atoms with van der Waals surface area (Å²) in [5, 5.41) is 2.89. The van der Waals surface area contributed by atoms with Crippen LogP contribution in [-0.4, -0.2) is 35.4 Å². The van der Waals surface area contributed by atoms with Gasteiger partial charge in [-0.2, -0.15) is 0 Å². The van der Waals surface area contributed by atoms with Crippen molar-refractivity contribution < 1.29 is 14.3 Å². The number of carbonyl (C=O) groups is 2. The molecule has 168 valence electrons. The van der Waals surface area contributed by atoms with E-state index in [2.05, 4.69) is 26.1 Å². The fraction of sp³-hybridized carbons (Fsp3) is 0.462. The first-order valence-electron chi connectivity index (χ1n) is 10.9. The minimum Gasteiger partial charge on any atom is -0.484 e. The van der Waals surface area contributed by atoms with Crippen LogP contribution in [-0.2, 0) is 21.5 Å². The molecule has 0 saturated carbocycles. The third kappa shape index (κ3) is 7.42. The van der Waals surface area contributed by atoms with Crippen LogP contribution in [0.2, 0.25) is 0 Å². The molecule has 2 amide bonds. The number of aryl methyl sites for hydroxylation is 1. The van der Waals surface area contributed by atoms with Crippen molar-refractivity contribution in [1.82, 2.24) is 10.2 Å². The molecule has 0 aliphatic heterocycles. The average Bonchev–Trinajstić information content (AvgIpc) is 2.70. The molecule has 5 nitrogen and oxygen atoms in total. The lowest BCUT2D eigenvalue weighted by Gasteiger charge is -2.29. The van der Waals surface area contributed by atoms with E-state index in [1.54, 1.807) is 11.8 Å². The SMILES string of the molecule is Cc1ccc(CN(C(=O)COc2ccc(C(C)(C)C)cc2)C(C)C(=O)NC(C)C)cc1. The molecule has 5 heteroatoms. The summed E-state index contributed by atoms with van der Waals surface area (Å²) in [7, 11) is 0. The van der Waals surface area contributed by atoms with Gasteiger partial charge >= 0.3 is 0 Å². The average molecular weight is 425 g/mol. The second-order valence-electron chi connectivity index (χ2n) is 9.41. The van der Waals surface area contributed by atoms with Gasteiger partial charge in [-0.25, -0.2) is 0 Å². The maximum atomic E-state index is 13.1. The van der Waals surface area contributed by atoms with Crippen LogP contribution in [0.15, 0.2) is 48.5 Å². The summed E-state index contributed by atoms with van der Waals surface area (Å²) in [5.74, 6) is 0.229. The summed E-state index contributed by atoms with van der Waals surface area (Å²) >= 11 is 0. The Balaban J connectivity index is 2.12. The van der Waals surface area contributed by atoms with E-state index in [1.165, 1.54) is 5.56 Å². The molecule has 31 heavy (non-hydrogen) atoms. The number of rotatable bonds is 8. The van der Waals surface area contributed by atoms with Gasteiger partial charge in [0.2, 0.25) is 5.91 Å². The molecule has 0 aromatic heterocycles. The van der Waals surface area contributed by atoms with Crippen LogP contribution >= 0.6 is 0 Å². The van der Waals surface area contributed by atoms with E-state index in [-0.39, 0.29) is 29.9 Å². The Bertz CT molecular complexity index is 865. The zero-order valence-electron chi connectivity index (χ0n) is 19.9. The van der Waals surface area contributed by atoms with Crippen molar-refractivity contribution in [2.75, 3.05) is 6.61 Å². The molecule has 1 atom stereocenters. The van der Waals surface area contributed by atoms with Crippen LogP contribution in [0, 0.1) is 6.92 Å². The first kappa shape index (κ1) is 24.4. The van der Waals surface area contributed by atoms with E-state index in [4.69, 9.17) is 4.74 Å². The number of hydrogen-bond acceptors (Lipinski definition) is 3. The molecular weight excluding hydrogens is 388 g/mol. The highest BCUT2D eigenvalue weighted by Gasteiger charge is 2.27. The van der Waals surface area contributed by atoms with Gasteiger partial charge in [0.15, 0.2) is 6.61 Å². The van der Waals surface area contributed by atoms with E-state index >= 15 is 0 Å². The van der Waals surface area contributed by atoms with Gasteiger partial charge < -0.3 is 15.0 Å². The van der Waals surface area contributed by atoms with Crippen molar-refractivity contribution in [1.29, 1.82) is 0 Å². The molecule has 0 bridgehead atoms. The summed E-state index contributed by atoms with van der Waals surface area (Å²) in [6, 6.07) is 15.2. The number of hydrogen-bond donors (Lipinski definition) is 1. The fourth-order valence-electron chi connectivity index (χ4n) is 3.16. The summed E-state index contributed by atoms with van der Waals surface area (Å²) in [5.41, 5.74) is 3.37. The minimum absolute atomic E-state index is 0.00357. The molecule has 0 aliphatic rings. The molecule has 0 fully saturated rings.